The quantitative estimate of drug-likeness (QED) is 0.877. The van der Waals surface area contributed by atoms with Crippen LogP contribution in [0.1, 0.15) is 25.6 Å². The topological polar surface area (TPSA) is 57.6 Å². The molecule has 2 heterocycles. The zero-order valence-corrected chi connectivity index (χ0v) is 13.2. The molecule has 21 heavy (non-hydrogen) atoms. The van der Waals surface area contributed by atoms with Crippen molar-refractivity contribution in [2.45, 2.75) is 32.5 Å². The lowest BCUT2D eigenvalue weighted by molar-refractivity contribution is -0.134. The number of aromatic nitrogens is 1. The van der Waals surface area contributed by atoms with Crippen LogP contribution < -0.4 is 5.32 Å². The SMILES string of the molecule is C[C@@H]1c2cccn2CCN1CC(=O)N[C@H](C)C(=O)N(C)C. The summed E-state index contributed by atoms with van der Waals surface area (Å²) in [4.78, 5) is 27.5. The summed E-state index contributed by atoms with van der Waals surface area (Å²) in [5.41, 5.74) is 1.23. The van der Waals surface area contributed by atoms with E-state index in [9.17, 15) is 9.59 Å². The van der Waals surface area contributed by atoms with Crippen LogP contribution in [0.3, 0.4) is 0 Å². The van der Waals surface area contributed by atoms with Gasteiger partial charge in [0.15, 0.2) is 0 Å². The molecular formula is C15H24N4O2. The Hall–Kier alpha value is -1.82. The predicted octanol–water partition coefficient (Wildman–Crippen LogP) is 0.458. The molecular weight excluding hydrogens is 268 g/mol. The summed E-state index contributed by atoms with van der Waals surface area (Å²) >= 11 is 0. The van der Waals surface area contributed by atoms with E-state index >= 15 is 0 Å². The number of rotatable bonds is 4. The van der Waals surface area contributed by atoms with Crippen LogP contribution in [0, 0.1) is 0 Å². The molecule has 2 amide bonds. The standard InChI is InChI=1S/C15H24N4O2/c1-11(15(21)17(3)4)16-14(20)10-19-9-8-18-7-5-6-13(18)12(19)2/h5-7,11-12H,8-10H2,1-4H3,(H,16,20)/t11-,12-/m1/s1. The van der Waals surface area contributed by atoms with Gasteiger partial charge in [-0.25, -0.2) is 0 Å². The van der Waals surface area contributed by atoms with Gasteiger partial charge in [-0.3, -0.25) is 14.5 Å². The van der Waals surface area contributed by atoms with E-state index in [1.165, 1.54) is 10.6 Å². The minimum atomic E-state index is -0.489. The van der Waals surface area contributed by atoms with Crippen molar-refractivity contribution in [2.24, 2.45) is 0 Å². The van der Waals surface area contributed by atoms with Crippen LogP contribution in [-0.2, 0) is 16.1 Å². The Kier molecular flexibility index (Phi) is 4.67. The third-order valence-electron chi connectivity index (χ3n) is 4.00. The van der Waals surface area contributed by atoms with Gasteiger partial charge in [-0.1, -0.05) is 0 Å². The molecule has 0 fully saturated rings. The van der Waals surface area contributed by atoms with Crippen LogP contribution in [0.4, 0.5) is 0 Å². The lowest BCUT2D eigenvalue weighted by Crippen LogP contribution is -2.49. The smallest absolute Gasteiger partial charge is 0.244 e. The molecule has 116 valence electrons. The lowest BCUT2D eigenvalue weighted by Gasteiger charge is -2.34. The van der Waals surface area contributed by atoms with Crippen LogP contribution in [0.15, 0.2) is 18.3 Å². The number of amides is 2. The zero-order valence-electron chi connectivity index (χ0n) is 13.2. The third kappa shape index (κ3) is 3.44. The summed E-state index contributed by atoms with van der Waals surface area (Å²) in [6.07, 6.45) is 2.07. The van der Waals surface area contributed by atoms with Gasteiger partial charge >= 0.3 is 0 Å². The molecule has 2 rings (SSSR count). The molecule has 0 saturated heterocycles. The van der Waals surface area contributed by atoms with Crippen LogP contribution in [-0.4, -0.2) is 59.4 Å². The first-order valence-electron chi connectivity index (χ1n) is 7.29. The van der Waals surface area contributed by atoms with Crippen molar-refractivity contribution in [2.75, 3.05) is 27.2 Å². The van der Waals surface area contributed by atoms with Crippen molar-refractivity contribution in [3.63, 3.8) is 0 Å². The fourth-order valence-electron chi connectivity index (χ4n) is 2.76. The molecule has 0 aliphatic carbocycles. The number of nitrogens with zero attached hydrogens (tertiary/aromatic N) is 3. The van der Waals surface area contributed by atoms with Crippen molar-refractivity contribution in [1.82, 2.24) is 19.7 Å². The second kappa shape index (κ2) is 6.30. The molecule has 0 unspecified atom stereocenters. The van der Waals surface area contributed by atoms with Gasteiger partial charge in [-0.15, -0.1) is 0 Å². The first-order chi connectivity index (χ1) is 9.90. The monoisotopic (exact) mass is 292 g/mol. The Balaban J connectivity index is 1.91. The Morgan fingerprint density at radius 1 is 1.43 bits per heavy atom. The van der Waals surface area contributed by atoms with E-state index in [4.69, 9.17) is 0 Å². The van der Waals surface area contributed by atoms with E-state index in [1.54, 1.807) is 21.0 Å². The number of carbonyl (C=O) groups is 2. The summed E-state index contributed by atoms with van der Waals surface area (Å²) in [5.74, 6) is -0.200. The minimum Gasteiger partial charge on any atom is -0.349 e. The van der Waals surface area contributed by atoms with Crippen LogP contribution in [0.5, 0.6) is 0 Å². The normalized spacial score (nSPS) is 19.7. The molecule has 0 bridgehead atoms. The molecule has 6 nitrogen and oxygen atoms in total. The zero-order chi connectivity index (χ0) is 15.6. The fourth-order valence-corrected chi connectivity index (χ4v) is 2.76. The van der Waals surface area contributed by atoms with Gasteiger partial charge in [0.1, 0.15) is 6.04 Å². The molecule has 1 aromatic rings. The van der Waals surface area contributed by atoms with Gasteiger partial charge in [0.2, 0.25) is 11.8 Å². The molecule has 0 spiro atoms. The van der Waals surface area contributed by atoms with Gasteiger partial charge < -0.3 is 14.8 Å². The van der Waals surface area contributed by atoms with E-state index in [0.717, 1.165) is 13.1 Å². The Labute approximate surface area is 125 Å². The number of carbonyl (C=O) groups excluding carboxylic acids is 2. The largest absolute Gasteiger partial charge is 0.349 e. The maximum absolute atomic E-state index is 12.1. The summed E-state index contributed by atoms with van der Waals surface area (Å²) in [5, 5.41) is 2.77. The van der Waals surface area contributed by atoms with E-state index in [0.29, 0.717) is 6.54 Å². The van der Waals surface area contributed by atoms with Gasteiger partial charge in [0.25, 0.3) is 0 Å². The molecule has 1 aliphatic heterocycles. The third-order valence-corrected chi connectivity index (χ3v) is 4.00. The molecule has 0 saturated carbocycles. The van der Waals surface area contributed by atoms with Crippen LogP contribution in [0.25, 0.3) is 0 Å². The van der Waals surface area contributed by atoms with E-state index < -0.39 is 6.04 Å². The number of likely N-dealkylation sites (N-methyl/N-ethyl adjacent to an activating group) is 1. The number of hydrogen-bond donors (Lipinski definition) is 1. The number of fused-ring (bicyclic) bond motifs is 1. The maximum atomic E-state index is 12.1. The Morgan fingerprint density at radius 2 is 2.14 bits per heavy atom. The Morgan fingerprint density at radius 3 is 2.81 bits per heavy atom. The summed E-state index contributed by atoms with van der Waals surface area (Å²) in [7, 11) is 3.37. The van der Waals surface area contributed by atoms with Crippen molar-refractivity contribution in [1.29, 1.82) is 0 Å². The highest BCUT2D eigenvalue weighted by Gasteiger charge is 2.26. The van der Waals surface area contributed by atoms with E-state index in [2.05, 4.69) is 34.0 Å². The van der Waals surface area contributed by atoms with Crippen molar-refractivity contribution in [3.8, 4) is 0 Å². The van der Waals surface area contributed by atoms with Gasteiger partial charge in [0.05, 0.1) is 6.54 Å². The molecule has 6 heteroatoms. The van der Waals surface area contributed by atoms with Crippen molar-refractivity contribution >= 4 is 11.8 Å². The molecule has 1 aliphatic rings. The highest BCUT2D eigenvalue weighted by molar-refractivity contribution is 5.87. The van der Waals surface area contributed by atoms with Gasteiger partial charge in [-0.2, -0.15) is 0 Å². The van der Waals surface area contributed by atoms with Gasteiger partial charge in [-0.05, 0) is 26.0 Å². The summed E-state index contributed by atoms with van der Waals surface area (Å²) < 4.78 is 2.22. The minimum absolute atomic E-state index is 0.0936. The first kappa shape index (κ1) is 15.6. The van der Waals surface area contributed by atoms with Crippen molar-refractivity contribution in [3.05, 3.63) is 24.0 Å². The second-order valence-corrected chi connectivity index (χ2v) is 5.79. The fraction of sp³-hybridized carbons (Fsp3) is 0.600. The average Bonchev–Trinajstić information content (AvgIpc) is 2.90. The van der Waals surface area contributed by atoms with E-state index in [1.807, 2.05) is 6.07 Å². The number of hydrogen-bond acceptors (Lipinski definition) is 3. The van der Waals surface area contributed by atoms with E-state index in [-0.39, 0.29) is 17.9 Å². The molecule has 2 atom stereocenters. The second-order valence-electron chi connectivity index (χ2n) is 5.79. The lowest BCUT2D eigenvalue weighted by atomic mass is 10.1. The Bertz CT molecular complexity index is 523. The summed E-state index contributed by atoms with van der Waals surface area (Å²) in [6, 6.07) is 3.84. The predicted molar refractivity (Wildman–Crippen MR) is 80.7 cm³/mol. The van der Waals surface area contributed by atoms with Crippen LogP contribution in [0.2, 0.25) is 0 Å². The molecule has 1 N–H and O–H groups in total. The molecule has 0 radical (unpaired) electrons. The highest BCUT2D eigenvalue weighted by Crippen LogP contribution is 2.24. The molecule has 0 aromatic carbocycles. The molecule has 1 aromatic heterocycles. The maximum Gasteiger partial charge on any atom is 0.244 e. The van der Waals surface area contributed by atoms with Crippen LogP contribution >= 0.6 is 0 Å². The first-order valence-corrected chi connectivity index (χ1v) is 7.29. The highest BCUT2D eigenvalue weighted by atomic mass is 16.2. The van der Waals surface area contributed by atoms with Crippen molar-refractivity contribution < 1.29 is 9.59 Å². The van der Waals surface area contributed by atoms with Gasteiger partial charge in [0, 0.05) is 45.1 Å². The average molecular weight is 292 g/mol. The summed E-state index contributed by atoms with van der Waals surface area (Å²) in [6.45, 7) is 5.87. The number of nitrogens with one attached hydrogen (secondary N) is 1.